The van der Waals surface area contributed by atoms with Gasteiger partial charge in [-0.05, 0) is 36.8 Å². The van der Waals surface area contributed by atoms with Crippen LogP contribution in [-0.4, -0.2) is 30.7 Å². The number of aryl methyl sites for hydroxylation is 1. The first kappa shape index (κ1) is 17.3. The number of hydrogen-bond acceptors (Lipinski definition) is 5. The van der Waals surface area contributed by atoms with Crippen LogP contribution >= 0.6 is 0 Å². The van der Waals surface area contributed by atoms with Gasteiger partial charge in [0, 0.05) is 23.0 Å². The molecule has 0 bridgehead atoms. The smallest absolute Gasteiger partial charge is 0.246 e. The predicted molar refractivity (Wildman–Crippen MR) is 110 cm³/mol. The van der Waals surface area contributed by atoms with Crippen LogP contribution in [0.3, 0.4) is 0 Å². The van der Waals surface area contributed by atoms with E-state index in [1.54, 1.807) is 0 Å². The summed E-state index contributed by atoms with van der Waals surface area (Å²) in [5.41, 5.74) is 3.60. The van der Waals surface area contributed by atoms with Crippen LogP contribution < -0.4 is 19.1 Å². The number of amides is 1. The molecule has 30 heavy (non-hydrogen) atoms. The van der Waals surface area contributed by atoms with Crippen molar-refractivity contribution in [3.8, 4) is 17.2 Å². The van der Waals surface area contributed by atoms with E-state index < -0.39 is 5.41 Å². The fraction of sp³-hybridized carbons (Fsp3) is 0.250. The first-order valence-corrected chi connectivity index (χ1v) is 10.1. The van der Waals surface area contributed by atoms with Gasteiger partial charge in [0.15, 0.2) is 11.5 Å². The fourth-order valence-electron chi connectivity index (χ4n) is 4.72. The second kappa shape index (κ2) is 6.23. The van der Waals surface area contributed by atoms with Crippen molar-refractivity contribution in [1.29, 1.82) is 0 Å². The summed E-state index contributed by atoms with van der Waals surface area (Å²) < 4.78 is 17.5. The maximum atomic E-state index is 14.0. The summed E-state index contributed by atoms with van der Waals surface area (Å²) >= 11 is 0. The van der Waals surface area contributed by atoms with Gasteiger partial charge < -0.3 is 19.1 Å². The molecule has 3 aliphatic heterocycles. The predicted octanol–water partition coefficient (Wildman–Crippen LogP) is 3.39. The number of fused-ring (bicyclic) bond motifs is 5. The van der Waals surface area contributed by atoms with E-state index in [0.717, 1.165) is 28.2 Å². The van der Waals surface area contributed by atoms with Crippen molar-refractivity contribution in [2.45, 2.75) is 18.9 Å². The van der Waals surface area contributed by atoms with Crippen molar-refractivity contribution in [2.24, 2.45) is 0 Å². The molecular weight excluding hydrogens is 380 g/mol. The quantitative estimate of drug-likeness (QED) is 0.660. The molecule has 1 spiro atoms. The molecule has 150 valence electrons. The molecule has 1 unspecified atom stereocenters. The van der Waals surface area contributed by atoms with Crippen LogP contribution in [0.4, 0.5) is 5.69 Å². The van der Waals surface area contributed by atoms with E-state index in [2.05, 4.69) is 4.98 Å². The van der Waals surface area contributed by atoms with Crippen LogP contribution in [0.2, 0.25) is 0 Å². The number of hydrogen-bond donors (Lipinski definition) is 0. The molecule has 3 aromatic rings. The molecular formula is C24H20N2O4. The normalized spacial score (nSPS) is 20.8. The average Bonchev–Trinajstić information content (AvgIpc) is 3.25. The van der Waals surface area contributed by atoms with Crippen LogP contribution in [0, 0.1) is 6.92 Å². The lowest BCUT2D eigenvalue weighted by Gasteiger charge is -2.24. The molecule has 0 saturated carbocycles. The summed E-state index contributed by atoms with van der Waals surface area (Å²) in [6, 6.07) is 17.6. The number of benzene rings is 2. The molecule has 0 radical (unpaired) electrons. The zero-order valence-corrected chi connectivity index (χ0v) is 16.6. The molecule has 0 fully saturated rings. The summed E-state index contributed by atoms with van der Waals surface area (Å²) in [5.74, 6) is 2.01. The van der Waals surface area contributed by atoms with Gasteiger partial charge in [0.05, 0.1) is 12.2 Å². The molecule has 6 rings (SSSR count). The number of carbonyl (C=O) groups is 1. The van der Waals surface area contributed by atoms with Gasteiger partial charge in [0.1, 0.15) is 31.0 Å². The van der Waals surface area contributed by atoms with Gasteiger partial charge in [-0.1, -0.05) is 24.3 Å². The van der Waals surface area contributed by atoms with Gasteiger partial charge in [-0.15, -0.1) is 0 Å². The molecule has 1 atom stereocenters. The Morgan fingerprint density at radius 1 is 0.933 bits per heavy atom. The second-order valence-electron chi connectivity index (χ2n) is 7.86. The Morgan fingerprint density at radius 3 is 2.57 bits per heavy atom. The van der Waals surface area contributed by atoms with Gasteiger partial charge in [-0.2, -0.15) is 0 Å². The number of pyridine rings is 1. The molecule has 1 aromatic heterocycles. The Hall–Kier alpha value is -3.54. The minimum absolute atomic E-state index is 0.00225. The molecule has 3 aliphatic rings. The Bertz CT molecular complexity index is 1190. The summed E-state index contributed by atoms with van der Waals surface area (Å²) in [6.45, 7) is 3.64. The van der Waals surface area contributed by atoms with Crippen LogP contribution in [-0.2, 0) is 16.8 Å². The highest BCUT2D eigenvalue weighted by atomic mass is 16.6. The molecule has 0 N–H and O–H groups in total. The third-order valence-electron chi connectivity index (χ3n) is 6.08. The molecule has 0 aliphatic carbocycles. The standard InChI is InChI=1S/C24H20N2O4/c1-15-5-4-6-16(25-15)13-26-19-8-3-2-7-17(19)24(23(26)27)14-30-20-12-22-21(11-18(20)24)28-9-10-29-22/h2-8,11-12H,9-10,13-14H2,1H3. The van der Waals surface area contributed by atoms with Crippen LogP contribution in [0.25, 0.3) is 0 Å². The Labute approximate surface area is 174 Å². The van der Waals surface area contributed by atoms with Gasteiger partial charge >= 0.3 is 0 Å². The van der Waals surface area contributed by atoms with Crippen molar-refractivity contribution < 1.29 is 19.0 Å². The molecule has 6 nitrogen and oxygen atoms in total. The molecule has 0 saturated heterocycles. The van der Waals surface area contributed by atoms with E-state index in [1.807, 2.05) is 66.4 Å². The van der Waals surface area contributed by atoms with Crippen molar-refractivity contribution in [3.63, 3.8) is 0 Å². The first-order chi connectivity index (χ1) is 14.7. The van der Waals surface area contributed by atoms with Crippen molar-refractivity contribution in [3.05, 3.63) is 77.1 Å². The highest BCUT2D eigenvalue weighted by Crippen LogP contribution is 2.54. The lowest BCUT2D eigenvalue weighted by atomic mass is 9.77. The number of nitrogens with zero attached hydrogens (tertiary/aromatic N) is 2. The van der Waals surface area contributed by atoms with Crippen molar-refractivity contribution >= 4 is 11.6 Å². The summed E-state index contributed by atoms with van der Waals surface area (Å²) in [6.07, 6.45) is 0. The topological polar surface area (TPSA) is 60.9 Å². The third kappa shape index (κ3) is 2.30. The van der Waals surface area contributed by atoms with Gasteiger partial charge in [-0.25, -0.2) is 0 Å². The van der Waals surface area contributed by atoms with Crippen molar-refractivity contribution in [1.82, 2.24) is 4.98 Å². The van der Waals surface area contributed by atoms with E-state index >= 15 is 0 Å². The summed E-state index contributed by atoms with van der Waals surface area (Å²) in [5, 5.41) is 0. The van der Waals surface area contributed by atoms with Crippen LogP contribution in [0.1, 0.15) is 22.5 Å². The number of para-hydroxylation sites is 1. The zero-order valence-electron chi connectivity index (χ0n) is 16.6. The van der Waals surface area contributed by atoms with E-state index in [9.17, 15) is 4.79 Å². The van der Waals surface area contributed by atoms with E-state index in [0.29, 0.717) is 37.0 Å². The number of carbonyl (C=O) groups excluding carboxylic acids is 1. The monoisotopic (exact) mass is 400 g/mol. The van der Waals surface area contributed by atoms with Gasteiger partial charge in [0.2, 0.25) is 5.91 Å². The maximum Gasteiger partial charge on any atom is 0.246 e. The van der Waals surface area contributed by atoms with Gasteiger partial charge in [-0.3, -0.25) is 9.78 Å². The first-order valence-electron chi connectivity index (χ1n) is 10.1. The highest BCUT2D eigenvalue weighted by molar-refractivity contribution is 6.11. The summed E-state index contributed by atoms with van der Waals surface area (Å²) in [4.78, 5) is 20.4. The molecule has 2 aromatic carbocycles. The summed E-state index contributed by atoms with van der Waals surface area (Å²) in [7, 11) is 0. The molecule has 6 heteroatoms. The number of aromatic nitrogens is 1. The van der Waals surface area contributed by atoms with Crippen molar-refractivity contribution in [2.75, 3.05) is 24.7 Å². The van der Waals surface area contributed by atoms with Crippen LogP contribution in [0.5, 0.6) is 17.2 Å². The highest BCUT2D eigenvalue weighted by Gasteiger charge is 2.57. The largest absolute Gasteiger partial charge is 0.491 e. The number of rotatable bonds is 2. The lowest BCUT2D eigenvalue weighted by molar-refractivity contribution is -0.122. The Morgan fingerprint density at radius 2 is 1.73 bits per heavy atom. The zero-order chi connectivity index (χ0) is 20.3. The SMILES string of the molecule is Cc1cccc(CN2C(=O)C3(COc4cc5c(cc43)OCCO5)c3ccccc32)n1. The van der Waals surface area contributed by atoms with Gasteiger partial charge in [0.25, 0.3) is 0 Å². The third-order valence-corrected chi connectivity index (χ3v) is 6.08. The number of ether oxygens (including phenoxy) is 3. The fourth-order valence-corrected chi connectivity index (χ4v) is 4.72. The minimum Gasteiger partial charge on any atom is -0.491 e. The lowest BCUT2D eigenvalue weighted by Crippen LogP contribution is -2.42. The maximum absolute atomic E-state index is 14.0. The van der Waals surface area contributed by atoms with E-state index in [4.69, 9.17) is 14.2 Å². The molecule has 1 amide bonds. The number of anilines is 1. The molecule has 4 heterocycles. The van der Waals surface area contributed by atoms with E-state index in [1.165, 1.54) is 0 Å². The van der Waals surface area contributed by atoms with Crippen LogP contribution in [0.15, 0.2) is 54.6 Å². The second-order valence-corrected chi connectivity index (χ2v) is 7.86. The Balaban J connectivity index is 1.49. The minimum atomic E-state index is -0.883. The van der Waals surface area contributed by atoms with E-state index in [-0.39, 0.29) is 12.5 Å². The Kier molecular flexibility index (Phi) is 3.60. The average molecular weight is 400 g/mol.